The van der Waals surface area contributed by atoms with Crippen molar-refractivity contribution in [3.05, 3.63) is 72.1 Å². The van der Waals surface area contributed by atoms with Gasteiger partial charge in [-0.3, -0.25) is 9.98 Å². The highest BCUT2D eigenvalue weighted by molar-refractivity contribution is 5.90. The Hall–Kier alpha value is -3.14. The molecule has 0 unspecified atom stereocenters. The fraction of sp³-hybridized carbons (Fsp3) is 0.100. The number of fused-ring (bicyclic) bond motifs is 2. The molecule has 4 rings (SSSR count). The summed E-state index contributed by atoms with van der Waals surface area (Å²) in [5, 5.41) is 2.41. The lowest BCUT2D eigenvalue weighted by Gasteiger charge is -1.89. The van der Waals surface area contributed by atoms with Crippen LogP contribution in [0.15, 0.2) is 70.6 Å². The highest BCUT2D eigenvalue weighted by atomic mass is 14.8. The summed E-state index contributed by atoms with van der Waals surface area (Å²) in [6.45, 7) is 1.35. The van der Waals surface area contributed by atoms with Crippen molar-refractivity contribution >= 4 is 34.2 Å². The summed E-state index contributed by atoms with van der Waals surface area (Å²) in [5.74, 6) is 0. The van der Waals surface area contributed by atoms with Gasteiger partial charge in [0.25, 0.3) is 0 Å². The van der Waals surface area contributed by atoms with Gasteiger partial charge < -0.3 is 9.97 Å². The maximum Gasteiger partial charge on any atom is 0.0586 e. The van der Waals surface area contributed by atoms with Gasteiger partial charge in [0.15, 0.2) is 0 Å². The number of nitrogens with zero attached hydrogens (tertiary/aromatic N) is 2. The summed E-state index contributed by atoms with van der Waals surface area (Å²) < 4.78 is 0. The lowest BCUT2D eigenvalue weighted by Crippen LogP contribution is -1.90. The van der Waals surface area contributed by atoms with Crippen molar-refractivity contribution < 1.29 is 0 Å². The second-order valence-corrected chi connectivity index (χ2v) is 5.69. The first-order valence-corrected chi connectivity index (χ1v) is 8.04. The molecule has 0 spiro atoms. The van der Waals surface area contributed by atoms with Gasteiger partial charge >= 0.3 is 0 Å². The normalized spacial score (nSPS) is 12.2. The molecule has 0 fully saturated rings. The van der Waals surface area contributed by atoms with Crippen LogP contribution in [0.25, 0.3) is 21.8 Å². The molecule has 4 aromatic rings. The van der Waals surface area contributed by atoms with E-state index in [0.29, 0.717) is 13.1 Å². The van der Waals surface area contributed by atoms with Crippen molar-refractivity contribution in [3.63, 3.8) is 0 Å². The van der Waals surface area contributed by atoms with Gasteiger partial charge in [-0.2, -0.15) is 0 Å². The van der Waals surface area contributed by atoms with Crippen LogP contribution in [0.2, 0.25) is 0 Å². The zero-order chi connectivity index (χ0) is 16.2. The molecule has 4 nitrogen and oxygen atoms in total. The van der Waals surface area contributed by atoms with E-state index in [9.17, 15) is 0 Å². The second kappa shape index (κ2) is 6.54. The monoisotopic (exact) mass is 314 g/mol. The first-order chi connectivity index (χ1) is 11.9. The number of aliphatic imine (C=N–C) groups is 2. The number of benzene rings is 2. The second-order valence-electron chi connectivity index (χ2n) is 5.69. The van der Waals surface area contributed by atoms with Crippen LogP contribution in [0, 0.1) is 0 Å². The minimum atomic E-state index is 0.673. The lowest BCUT2D eigenvalue weighted by molar-refractivity contribution is 0.983. The van der Waals surface area contributed by atoms with Crippen molar-refractivity contribution in [2.75, 3.05) is 13.1 Å². The Morgan fingerprint density at radius 2 is 1.12 bits per heavy atom. The average molecular weight is 314 g/mol. The number of rotatable bonds is 5. The van der Waals surface area contributed by atoms with E-state index < -0.39 is 0 Å². The molecule has 2 aromatic carbocycles. The summed E-state index contributed by atoms with van der Waals surface area (Å²) in [7, 11) is 0. The quantitative estimate of drug-likeness (QED) is 0.410. The van der Waals surface area contributed by atoms with Crippen LogP contribution in [0.4, 0.5) is 0 Å². The maximum absolute atomic E-state index is 4.43. The minimum absolute atomic E-state index is 0.673. The molecular weight excluding hydrogens is 296 g/mol. The van der Waals surface area contributed by atoms with Crippen molar-refractivity contribution in [1.82, 2.24) is 9.97 Å². The van der Waals surface area contributed by atoms with Crippen molar-refractivity contribution in [2.24, 2.45) is 9.98 Å². The van der Waals surface area contributed by atoms with E-state index in [1.165, 1.54) is 10.8 Å². The molecule has 4 heteroatoms. The molecule has 118 valence electrons. The first-order valence-electron chi connectivity index (χ1n) is 8.04. The topological polar surface area (TPSA) is 56.3 Å². The van der Waals surface area contributed by atoms with Gasteiger partial charge in [-0.1, -0.05) is 36.4 Å². The predicted octanol–water partition coefficient (Wildman–Crippen LogP) is 4.19. The molecule has 0 aliphatic rings. The Morgan fingerprint density at radius 1 is 0.667 bits per heavy atom. The summed E-state index contributed by atoms with van der Waals surface area (Å²) in [6.07, 6.45) is 3.75. The third kappa shape index (κ3) is 3.13. The number of hydrogen-bond donors (Lipinski definition) is 2. The van der Waals surface area contributed by atoms with Gasteiger partial charge in [-0.15, -0.1) is 0 Å². The minimum Gasteiger partial charge on any atom is -0.354 e. The van der Waals surface area contributed by atoms with Crippen molar-refractivity contribution in [1.29, 1.82) is 0 Å². The fourth-order valence-electron chi connectivity index (χ4n) is 2.77. The van der Waals surface area contributed by atoms with E-state index in [1.54, 1.807) is 0 Å². The van der Waals surface area contributed by atoms with Crippen LogP contribution in [0.1, 0.15) is 11.4 Å². The van der Waals surface area contributed by atoms with Gasteiger partial charge in [-0.25, -0.2) is 0 Å². The average Bonchev–Trinajstić information content (AvgIpc) is 3.20. The largest absolute Gasteiger partial charge is 0.354 e. The number of nitrogens with one attached hydrogen (secondary N) is 2. The summed E-state index contributed by atoms with van der Waals surface area (Å²) in [4.78, 5) is 15.5. The molecular formula is C20H18N4. The number of hydrogen-bond acceptors (Lipinski definition) is 2. The SMILES string of the molecule is C(=NCCN=Cc1cc2ccccc2[nH]1)c1cc2ccccc2[nH]1. The first kappa shape index (κ1) is 14.5. The molecule has 2 aromatic heterocycles. The van der Waals surface area contributed by atoms with Crippen LogP contribution < -0.4 is 0 Å². The third-order valence-corrected chi connectivity index (χ3v) is 3.92. The number of aromatic amines is 2. The van der Waals surface area contributed by atoms with Gasteiger partial charge in [0.2, 0.25) is 0 Å². The molecule has 0 aliphatic heterocycles. The molecule has 0 saturated heterocycles. The zero-order valence-electron chi connectivity index (χ0n) is 13.2. The van der Waals surface area contributed by atoms with Crippen LogP contribution >= 0.6 is 0 Å². The Labute approximate surface area is 140 Å². The van der Waals surface area contributed by atoms with E-state index in [2.05, 4.69) is 56.4 Å². The lowest BCUT2D eigenvalue weighted by atomic mass is 10.2. The van der Waals surface area contributed by atoms with Crippen molar-refractivity contribution in [2.45, 2.75) is 0 Å². The molecule has 0 bridgehead atoms. The number of H-pyrrole nitrogens is 2. The zero-order valence-corrected chi connectivity index (χ0v) is 13.2. The highest BCUT2D eigenvalue weighted by Gasteiger charge is 1.97. The van der Waals surface area contributed by atoms with E-state index >= 15 is 0 Å². The molecule has 2 heterocycles. The van der Waals surface area contributed by atoms with Crippen LogP contribution in [-0.2, 0) is 0 Å². The van der Waals surface area contributed by atoms with Crippen LogP contribution in [-0.4, -0.2) is 35.5 Å². The molecule has 0 radical (unpaired) electrons. The van der Waals surface area contributed by atoms with E-state index in [1.807, 2.05) is 36.7 Å². The summed E-state index contributed by atoms with van der Waals surface area (Å²) in [5.41, 5.74) is 4.32. The molecule has 0 saturated carbocycles. The van der Waals surface area contributed by atoms with Gasteiger partial charge in [0, 0.05) is 34.2 Å². The van der Waals surface area contributed by atoms with E-state index in [-0.39, 0.29) is 0 Å². The van der Waals surface area contributed by atoms with E-state index in [0.717, 1.165) is 22.4 Å². The Bertz CT molecular complexity index is 870. The highest BCUT2D eigenvalue weighted by Crippen LogP contribution is 2.14. The molecule has 2 N–H and O–H groups in total. The Morgan fingerprint density at radius 3 is 1.58 bits per heavy atom. The Kier molecular flexibility index (Phi) is 3.94. The van der Waals surface area contributed by atoms with Gasteiger partial charge in [-0.05, 0) is 24.3 Å². The summed E-state index contributed by atoms with van der Waals surface area (Å²) in [6, 6.07) is 20.7. The van der Waals surface area contributed by atoms with Crippen LogP contribution in [0.5, 0.6) is 0 Å². The molecule has 0 amide bonds. The van der Waals surface area contributed by atoms with Gasteiger partial charge in [0.05, 0.1) is 24.5 Å². The van der Waals surface area contributed by atoms with E-state index in [4.69, 9.17) is 0 Å². The fourth-order valence-corrected chi connectivity index (χ4v) is 2.77. The molecule has 0 aliphatic carbocycles. The third-order valence-electron chi connectivity index (χ3n) is 3.92. The standard InChI is InChI=1S/C20H18N4/c1-3-7-19-15(5-1)11-17(23-19)13-21-9-10-22-14-18-12-16-6-2-4-8-20(16)24-18/h1-8,11-14,23-24H,9-10H2. The number of para-hydroxylation sites is 2. The molecule has 24 heavy (non-hydrogen) atoms. The smallest absolute Gasteiger partial charge is 0.0586 e. The van der Waals surface area contributed by atoms with Gasteiger partial charge in [0.1, 0.15) is 0 Å². The number of aromatic nitrogens is 2. The maximum atomic E-state index is 4.43. The van der Waals surface area contributed by atoms with Crippen molar-refractivity contribution in [3.8, 4) is 0 Å². The Balaban J connectivity index is 1.33. The van der Waals surface area contributed by atoms with Crippen LogP contribution in [0.3, 0.4) is 0 Å². The molecule has 0 atom stereocenters. The predicted molar refractivity (Wildman–Crippen MR) is 102 cm³/mol. The summed E-state index contributed by atoms with van der Waals surface area (Å²) >= 11 is 0.